The molecule has 0 saturated heterocycles. The monoisotopic (exact) mass is 342 g/mol. The van der Waals surface area contributed by atoms with Crippen LogP contribution in [0.4, 0.5) is 5.69 Å². The molecule has 1 aliphatic heterocycles. The molecule has 6 nitrogen and oxygen atoms in total. The van der Waals surface area contributed by atoms with E-state index in [1.807, 2.05) is 6.07 Å². The van der Waals surface area contributed by atoms with Gasteiger partial charge in [0.05, 0.1) is 5.56 Å². The molecule has 1 heterocycles. The molecule has 122 valence electrons. The maximum Gasteiger partial charge on any atom is 0.339 e. The van der Waals surface area contributed by atoms with Crippen molar-refractivity contribution in [1.29, 1.82) is 5.26 Å². The molecule has 0 fully saturated rings. The second-order valence-corrected chi connectivity index (χ2v) is 6.91. The zero-order valence-electron chi connectivity index (χ0n) is 12.7. The Morgan fingerprint density at radius 3 is 2.71 bits per heavy atom. The number of nitrogens with one attached hydrogen (secondary N) is 1. The number of para-hydroxylation sites is 1. The summed E-state index contributed by atoms with van der Waals surface area (Å²) in [5, 5.41) is 11.8. The van der Waals surface area contributed by atoms with Gasteiger partial charge in [-0.05, 0) is 48.7 Å². The van der Waals surface area contributed by atoms with Crippen LogP contribution in [0, 0.1) is 11.3 Å². The number of amides is 1. The molecule has 2 aromatic rings. The summed E-state index contributed by atoms with van der Waals surface area (Å²) in [5.41, 5.74) is 1.51. The third-order valence-corrected chi connectivity index (χ3v) is 4.93. The average Bonchev–Trinajstić information content (AvgIpc) is 2.74. The molecular weight excluding hydrogens is 328 g/mol. The summed E-state index contributed by atoms with van der Waals surface area (Å²) in [6, 6.07) is 12.5. The van der Waals surface area contributed by atoms with E-state index in [1.54, 1.807) is 18.2 Å². The van der Waals surface area contributed by atoms with Gasteiger partial charge in [-0.15, -0.1) is 0 Å². The van der Waals surface area contributed by atoms with Crippen LogP contribution in [0.25, 0.3) is 0 Å². The Morgan fingerprint density at radius 1 is 1.12 bits per heavy atom. The largest absolute Gasteiger partial charge is 0.378 e. The maximum absolute atomic E-state index is 12.5. The van der Waals surface area contributed by atoms with Crippen LogP contribution in [0.5, 0.6) is 5.75 Å². The van der Waals surface area contributed by atoms with Crippen LogP contribution >= 0.6 is 0 Å². The minimum atomic E-state index is -4.07. The van der Waals surface area contributed by atoms with Crippen LogP contribution < -0.4 is 9.50 Å². The SMILES string of the molecule is N#Cc1ccccc1OS(=O)(=O)c1ccc2c(c1)CCCC(=O)N2. The number of hydrogen-bond donors (Lipinski definition) is 1. The molecule has 0 aromatic heterocycles. The van der Waals surface area contributed by atoms with Gasteiger partial charge < -0.3 is 9.50 Å². The fourth-order valence-electron chi connectivity index (χ4n) is 2.50. The van der Waals surface area contributed by atoms with Crippen molar-refractivity contribution in [2.45, 2.75) is 24.2 Å². The Hall–Kier alpha value is -2.85. The summed E-state index contributed by atoms with van der Waals surface area (Å²) < 4.78 is 30.1. The Morgan fingerprint density at radius 2 is 1.92 bits per heavy atom. The van der Waals surface area contributed by atoms with Crippen molar-refractivity contribution < 1.29 is 17.4 Å². The second-order valence-electron chi connectivity index (χ2n) is 5.37. The summed E-state index contributed by atoms with van der Waals surface area (Å²) in [6.07, 6.45) is 1.66. The van der Waals surface area contributed by atoms with E-state index in [0.717, 1.165) is 5.56 Å². The molecule has 24 heavy (non-hydrogen) atoms. The van der Waals surface area contributed by atoms with Gasteiger partial charge in [-0.25, -0.2) is 0 Å². The predicted octanol–water partition coefficient (Wildman–Crippen LogP) is 2.60. The molecule has 1 aliphatic rings. The third-order valence-electron chi connectivity index (χ3n) is 3.70. The number of carbonyl (C=O) groups is 1. The molecule has 0 unspecified atom stereocenters. The molecule has 0 spiro atoms. The number of benzene rings is 2. The molecule has 2 aromatic carbocycles. The van der Waals surface area contributed by atoms with Crippen LogP contribution in [0.1, 0.15) is 24.0 Å². The van der Waals surface area contributed by atoms with Gasteiger partial charge >= 0.3 is 10.1 Å². The van der Waals surface area contributed by atoms with Crippen LogP contribution in [-0.2, 0) is 21.3 Å². The van der Waals surface area contributed by atoms with Crippen molar-refractivity contribution >= 4 is 21.7 Å². The van der Waals surface area contributed by atoms with Gasteiger partial charge in [0.25, 0.3) is 0 Å². The highest BCUT2D eigenvalue weighted by Gasteiger charge is 2.21. The molecule has 7 heteroatoms. The fraction of sp³-hybridized carbons (Fsp3) is 0.176. The van der Waals surface area contributed by atoms with Gasteiger partial charge in [-0.3, -0.25) is 4.79 Å². The Labute approximate surface area is 139 Å². The van der Waals surface area contributed by atoms with E-state index in [1.165, 1.54) is 24.3 Å². The highest BCUT2D eigenvalue weighted by molar-refractivity contribution is 7.87. The van der Waals surface area contributed by atoms with Gasteiger partial charge in [0, 0.05) is 12.1 Å². The number of anilines is 1. The van der Waals surface area contributed by atoms with Crippen molar-refractivity contribution in [3.05, 3.63) is 53.6 Å². The lowest BCUT2D eigenvalue weighted by molar-refractivity contribution is -0.116. The molecule has 0 radical (unpaired) electrons. The lowest BCUT2D eigenvalue weighted by Crippen LogP contribution is -2.12. The van der Waals surface area contributed by atoms with Crippen molar-refractivity contribution in [3.8, 4) is 11.8 Å². The first-order valence-corrected chi connectivity index (χ1v) is 8.77. The van der Waals surface area contributed by atoms with E-state index in [0.29, 0.717) is 24.9 Å². The van der Waals surface area contributed by atoms with E-state index < -0.39 is 10.1 Å². The molecular formula is C17H14N2O4S. The number of nitriles is 1. The van der Waals surface area contributed by atoms with Gasteiger partial charge in [0.15, 0.2) is 5.75 Å². The van der Waals surface area contributed by atoms with E-state index in [4.69, 9.17) is 9.44 Å². The van der Waals surface area contributed by atoms with Crippen LogP contribution in [-0.4, -0.2) is 14.3 Å². The Kier molecular flexibility index (Phi) is 4.23. The Bertz CT molecular complexity index is 945. The maximum atomic E-state index is 12.5. The van der Waals surface area contributed by atoms with Gasteiger partial charge in [-0.1, -0.05) is 12.1 Å². The quantitative estimate of drug-likeness (QED) is 0.865. The highest BCUT2D eigenvalue weighted by atomic mass is 32.2. The minimum absolute atomic E-state index is 0.00913. The lowest BCUT2D eigenvalue weighted by Gasteiger charge is -2.11. The smallest absolute Gasteiger partial charge is 0.339 e. The van der Waals surface area contributed by atoms with Gasteiger partial charge in [0.1, 0.15) is 11.0 Å². The van der Waals surface area contributed by atoms with Crippen LogP contribution in [0.3, 0.4) is 0 Å². The summed E-state index contributed by atoms with van der Waals surface area (Å²) in [6.45, 7) is 0. The molecule has 3 rings (SSSR count). The number of hydrogen-bond acceptors (Lipinski definition) is 5. The van der Waals surface area contributed by atoms with Crippen LogP contribution in [0.2, 0.25) is 0 Å². The number of nitrogens with zero attached hydrogens (tertiary/aromatic N) is 1. The van der Waals surface area contributed by atoms with Gasteiger partial charge in [-0.2, -0.15) is 13.7 Å². The van der Waals surface area contributed by atoms with Crippen LogP contribution in [0.15, 0.2) is 47.4 Å². The normalized spacial score (nSPS) is 14.0. The lowest BCUT2D eigenvalue weighted by atomic mass is 10.1. The molecule has 0 bridgehead atoms. The zero-order valence-corrected chi connectivity index (χ0v) is 13.5. The fourth-order valence-corrected chi connectivity index (χ4v) is 3.50. The summed E-state index contributed by atoms with van der Waals surface area (Å²) in [7, 11) is -4.07. The summed E-state index contributed by atoms with van der Waals surface area (Å²) in [4.78, 5) is 11.5. The number of aryl methyl sites for hydroxylation is 1. The molecule has 0 atom stereocenters. The summed E-state index contributed by atoms with van der Waals surface area (Å²) >= 11 is 0. The van der Waals surface area contributed by atoms with Crippen molar-refractivity contribution in [2.24, 2.45) is 0 Å². The topological polar surface area (TPSA) is 96.3 Å². The molecule has 1 amide bonds. The average molecular weight is 342 g/mol. The van der Waals surface area contributed by atoms with Gasteiger partial charge in [0.2, 0.25) is 5.91 Å². The Balaban J connectivity index is 1.95. The van der Waals surface area contributed by atoms with E-state index in [2.05, 4.69) is 5.32 Å². The first-order valence-electron chi connectivity index (χ1n) is 7.36. The third kappa shape index (κ3) is 3.24. The molecule has 0 aliphatic carbocycles. The zero-order chi connectivity index (χ0) is 17.2. The van der Waals surface area contributed by atoms with E-state index in [9.17, 15) is 13.2 Å². The van der Waals surface area contributed by atoms with Crippen molar-refractivity contribution in [1.82, 2.24) is 0 Å². The number of carbonyl (C=O) groups excluding carboxylic acids is 1. The second kappa shape index (κ2) is 6.34. The summed E-state index contributed by atoms with van der Waals surface area (Å²) in [5.74, 6) is -0.0909. The molecule has 0 saturated carbocycles. The standard InChI is InChI=1S/C17H14N2O4S/c18-11-13-4-1-2-6-16(13)23-24(21,22)14-8-9-15-12(10-14)5-3-7-17(20)19-15/h1-2,4,6,8-10H,3,5,7H2,(H,19,20). The van der Waals surface area contributed by atoms with Crippen molar-refractivity contribution in [2.75, 3.05) is 5.32 Å². The first kappa shape index (κ1) is 16.0. The van der Waals surface area contributed by atoms with E-state index >= 15 is 0 Å². The minimum Gasteiger partial charge on any atom is -0.378 e. The highest BCUT2D eigenvalue weighted by Crippen LogP contribution is 2.27. The van der Waals surface area contributed by atoms with Crippen molar-refractivity contribution in [3.63, 3.8) is 0 Å². The predicted molar refractivity (Wildman–Crippen MR) is 87.0 cm³/mol. The number of rotatable bonds is 3. The number of fused-ring (bicyclic) bond motifs is 1. The first-order chi connectivity index (χ1) is 11.5. The van der Waals surface area contributed by atoms with E-state index in [-0.39, 0.29) is 22.1 Å². The molecule has 1 N–H and O–H groups in total.